The Morgan fingerprint density at radius 1 is 1.38 bits per heavy atom. The third-order valence-corrected chi connectivity index (χ3v) is 5.31. The average Bonchev–Trinajstić information content (AvgIpc) is 2.96. The smallest absolute Gasteiger partial charge is 0.240 e. The van der Waals surface area contributed by atoms with Gasteiger partial charge in [0, 0.05) is 32.6 Å². The molecule has 21 heavy (non-hydrogen) atoms. The summed E-state index contributed by atoms with van der Waals surface area (Å²) in [6.07, 6.45) is 1.40. The molecule has 1 atom stereocenters. The Bertz CT molecular complexity index is 553. The molecular weight excluding hydrogens is 314 g/mol. The lowest BCUT2D eigenvalue weighted by Gasteiger charge is -2.25. The van der Waals surface area contributed by atoms with Crippen LogP contribution in [0, 0.1) is 0 Å². The number of ether oxygens (including phenoxy) is 2. The molecule has 0 saturated carbocycles. The molecule has 0 radical (unpaired) electrons. The second-order valence-corrected chi connectivity index (χ2v) is 7.24. The van der Waals surface area contributed by atoms with Crippen LogP contribution >= 0.6 is 11.6 Å². The van der Waals surface area contributed by atoms with E-state index in [4.69, 9.17) is 21.1 Å². The van der Waals surface area contributed by atoms with Crippen LogP contribution in [0.1, 0.15) is 12.0 Å². The molecule has 1 fully saturated rings. The molecule has 1 heterocycles. The fraction of sp³-hybridized carbons (Fsp3) is 0.571. The van der Waals surface area contributed by atoms with Gasteiger partial charge in [0.2, 0.25) is 10.0 Å². The molecule has 7 heteroatoms. The van der Waals surface area contributed by atoms with Crippen molar-refractivity contribution in [2.45, 2.75) is 23.3 Å². The standard InChI is InChI=1S/C14H20ClNO4S/c1-19-14(7-9-20-11-14)10-16-21(17,18)13-4-2-12(3-5-13)6-8-15/h2-5,16H,6-11H2,1H3. The highest BCUT2D eigenvalue weighted by atomic mass is 35.5. The number of hydrogen-bond acceptors (Lipinski definition) is 4. The van der Waals surface area contributed by atoms with Gasteiger partial charge in [-0.1, -0.05) is 12.1 Å². The molecule has 1 aliphatic heterocycles. The van der Waals surface area contributed by atoms with Crippen molar-refractivity contribution in [3.8, 4) is 0 Å². The molecule has 1 unspecified atom stereocenters. The fourth-order valence-corrected chi connectivity index (χ4v) is 3.55. The largest absolute Gasteiger partial charge is 0.378 e. The van der Waals surface area contributed by atoms with Crippen LogP contribution in [0.15, 0.2) is 29.2 Å². The zero-order chi connectivity index (χ0) is 15.3. The summed E-state index contributed by atoms with van der Waals surface area (Å²) in [5.41, 5.74) is 0.451. The van der Waals surface area contributed by atoms with E-state index in [1.54, 1.807) is 31.4 Å². The topological polar surface area (TPSA) is 64.6 Å². The Balaban J connectivity index is 2.04. The van der Waals surface area contributed by atoms with Crippen molar-refractivity contribution in [1.82, 2.24) is 4.72 Å². The van der Waals surface area contributed by atoms with Crippen LogP contribution in [0.3, 0.4) is 0 Å². The predicted molar refractivity (Wildman–Crippen MR) is 81.2 cm³/mol. The lowest BCUT2D eigenvalue weighted by Crippen LogP contribution is -2.44. The SMILES string of the molecule is COC1(CNS(=O)(=O)c2ccc(CCCl)cc2)CCOC1. The van der Waals surface area contributed by atoms with Crippen LogP contribution in [0.5, 0.6) is 0 Å². The second-order valence-electron chi connectivity index (χ2n) is 5.10. The molecule has 0 bridgehead atoms. The van der Waals surface area contributed by atoms with E-state index in [0.29, 0.717) is 25.5 Å². The first-order valence-corrected chi connectivity index (χ1v) is 8.81. The van der Waals surface area contributed by atoms with Gasteiger partial charge in [0.05, 0.1) is 11.5 Å². The zero-order valence-corrected chi connectivity index (χ0v) is 13.5. The summed E-state index contributed by atoms with van der Waals surface area (Å²) in [7, 11) is -1.97. The van der Waals surface area contributed by atoms with Crippen molar-refractivity contribution in [1.29, 1.82) is 0 Å². The number of aryl methyl sites for hydroxylation is 1. The summed E-state index contributed by atoms with van der Waals surface area (Å²) in [6, 6.07) is 6.74. The Labute approximate surface area is 130 Å². The molecule has 1 aromatic carbocycles. The third-order valence-electron chi connectivity index (χ3n) is 3.70. The molecule has 118 valence electrons. The maximum absolute atomic E-state index is 12.3. The van der Waals surface area contributed by atoms with E-state index >= 15 is 0 Å². The Hall–Kier alpha value is -0.660. The quantitative estimate of drug-likeness (QED) is 0.769. The van der Waals surface area contributed by atoms with Crippen molar-refractivity contribution in [3.05, 3.63) is 29.8 Å². The van der Waals surface area contributed by atoms with E-state index in [1.165, 1.54) is 0 Å². The number of hydrogen-bond donors (Lipinski definition) is 1. The molecular formula is C14H20ClNO4S. The van der Waals surface area contributed by atoms with E-state index in [0.717, 1.165) is 12.0 Å². The van der Waals surface area contributed by atoms with Gasteiger partial charge in [0.25, 0.3) is 0 Å². The van der Waals surface area contributed by atoms with Gasteiger partial charge in [0.15, 0.2) is 0 Å². The maximum Gasteiger partial charge on any atom is 0.240 e. The van der Waals surface area contributed by atoms with Gasteiger partial charge in [-0.15, -0.1) is 11.6 Å². The fourth-order valence-electron chi connectivity index (χ4n) is 2.22. The van der Waals surface area contributed by atoms with Gasteiger partial charge >= 0.3 is 0 Å². The minimum Gasteiger partial charge on any atom is -0.378 e. The van der Waals surface area contributed by atoms with Gasteiger partial charge in [-0.05, 0) is 24.1 Å². The van der Waals surface area contributed by atoms with E-state index < -0.39 is 15.6 Å². The first-order valence-electron chi connectivity index (χ1n) is 6.79. The van der Waals surface area contributed by atoms with Crippen LogP contribution in [0.2, 0.25) is 0 Å². The maximum atomic E-state index is 12.3. The lowest BCUT2D eigenvalue weighted by atomic mass is 10.0. The lowest BCUT2D eigenvalue weighted by molar-refractivity contribution is -0.0120. The van der Waals surface area contributed by atoms with Gasteiger partial charge in [-0.3, -0.25) is 0 Å². The number of nitrogens with one attached hydrogen (secondary N) is 1. The summed E-state index contributed by atoms with van der Waals surface area (Å²) in [4.78, 5) is 0.242. The highest BCUT2D eigenvalue weighted by Crippen LogP contribution is 2.22. The molecule has 1 aromatic rings. The third kappa shape index (κ3) is 4.17. The monoisotopic (exact) mass is 333 g/mol. The highest BCUT2D eigenvalue weighted by molar-refractivity contribution is 7.89. The first kappa shape index (κ1) is 16.7. The summed E-state index contributed by atoms with van der Waals surface area (Å²) in [6.45, 7) is 1.19. The minimum absolute atomic E-state index is 0.204. The van der Waals surface area contributed by atoms with Crippen molar-refractivity contribution < 1.29 is 17.9 Å². The Kier molecular flexibility index (Phi) is 5.62. The average molecular weight is 334 g/mol. The zero-order valence-electron chi connectivity index (χ0n) is 12.0. The summed E-state index contributed by atoms with van der Waals surface area (Å²) >= 11 is 5.66. The molecule has 0 spiro atoms. The summed E-state index contributed by atoms with van der Waals surface area (Å²) in [5.74, 6) is 0.515. The van der Waals surface area contributed by atoms with Crippen LogP contribution in [0.25, 0.3) is 0 Å². The van der Waals surface area contributed by atoms with Crippen LogP contribution in [0.4, 0.5) is 0 Å². The van der Waals surface area contributed by atoms with Gasteiger partial charge in [-0.25, -0.2) is 13.1 Å². The van der Waals surface area contributed by atoms with Crippen molar-refractivity contribution in [2.75, 3.05) is 32.7 Å². The van der Waals surface area contributed by atoms with Crippen LogP contribution in [-0.2, 0) is 25.9 Å². The minimum atomic E-state index is -3.55. The Morgan fingerprint density at radius 2 is 2.10 bits per heavy atom. The predicted octanol–water partition coefficient (Wildman–Crippen LogP) is 1.55. The summed E-state index contributed by atoms with van der Waals surface area (Å²) in [5, 5.41) is 0. The second kappa shape index (κ2) is 7.07. The van der Waals surface area contributed by atoms with Gasteiger partial charge < -0.3 is 9.47 Å². The van der Waals surface area contributed by atoms with Crippen LogP contribution < -0.4 is 4.72 Å². The highest BCUT2D eigenvalue weighted by Gasteiger charge is 2.36. The van der Waals surface area contributed by atoms with E-state index in [1.807, 2.05) is 0 Å². The molecule has 1 aliphatic rings. The van der Waals surface area contributed by atoms with E-state index in [-0.39, 0.29) is 11.4 Å². The number of methoxy groups -OCH3 is 1. The molecule has 0 aliphatic carbocycles. The number of sulfonamides is 1. The molecule has 1 N–H and O–H groups in total. The number of rotatable bonds is 7. The van der Waals surface area contributed by atoms with E-state index in [2.05, 4.69) is 4.72 Å². The number of benzene rings is 1. The molecule has 0 aromatic heterocycles. The van der Waals surface area contributed by atoms with Crippen molar-refractivity contribution in [3.63, 3.8) is 0 Å². The van der Waals surface area contributed by atoms with Crippen molar-refractivity contribution >= 4 is 21.6 Å². The number of alkyl halides is 1. The first-order chi connectivity index (χ1) is 10.0. The van der Waals surface area contributed by atoms with E-state index in [9.17, 15) is 8.42 Å². The normalized spacial score (nSPS) is 22.6. The molecule has 2 rings (SSSR count). The Morgan fingerprint density at radius 3 is 2.62 bits per heavy atom. The number of halogens is 1. The molecule has 1 saturated heterocycles. The van der Waals surface area contributed by atoms with Crippen molar-refractivity contribution in [2.24, 2.45) is 0 Å². The molecule has 5 nitrogen and oxygen atoms in total. The molecule has 0 amide bonds. The van der Waals surface area contributed by atoms with Gasteiger partial charge in [-0.2, -0.15) is 0 Å². The summed E-state index contributed by atoms with van der Waals surface area (Å²) < 4.78 is 37.9. The van der Waals surface area contributed by atoms with Gasteiger partial charge in [0.1, 0.15) is 5.60 Å². The van der Waals surface area contributed by atoms with Crippen LogP contribution in [-0.4, -0.2) is 46.8 Å².